The molecule has 0 fully saturated rings. The standard InChI is InChI=1S/C14H12INO4S/c1-8-6-11(13(21-8)14(18)19)20-7-12(17)16-10-5-3-2-4-9(10)15/h2-6H,7H2,1H3,(H,16,17)(H,18,19). The summed E-state index contributed by atoms with van der Waals surface area (Å²) in [5.41, 5.74) is 0.701. The minimum Gasteiger partial charge on any atom is -0.482 e. The summed E-state index contributed by atoms with van der Waals surface area (Å²) in [5, 5.41) is 11.8. The van der Waals surface area contributed by atoms with E-state index in [1.807, 2.05) is 18.2 Å². The number of carbonyl (C=O) groups is 2. The van der Waals surface area contributed by atoms with Gasteiger partial charge in [0.1, 0.15) is 5.75 Å². The Kier molecular flexibility index (Phi) is 5.18. The molecular formula is C14H12INO4S. The minimum absolute atomic E-state index is 0.106. The molecule has 2 aromatic rings. The van der Waals surface area contributed by atoms with E-state index in [0.29, 0.717) is 5.69 Å². The minimum atomic E-state index is -1.05. The molecule has 0 aliphatic heterocycles. The number of carboxylic acids is 1. The number of nitrogens with one attached hydrogen (secondary N) is 1. The first-order valence-corrected chi connectivity index (χ1v) is 7.88. The van der Waals surface area contributed by atoms with Crippen LogP contribution in [0.5, 0.6) is 5.75 Å². The number of carbonyl (C=O) groups excluding carboxylic acids is 1. The normalized spacial score (nSPS) is 10.2. The highest BCUT2D eigenvalue weighted by Gasteiger charge is 2.16. The number of aryl methyl sites for hydroxylation is 1. The summed E-state index contributed by atoms with van der Waals surface area (Å²) in [6.45, 7) is 1.55. The van der Waals surface area contributed by atoms with Gasteiger partial charge in [0.05, 0.1) is 5.69 Å². The van der Waals surface area contributed by atoms with E-state index in [1.54, 1.807) is 19.1 Å². The summed E-state index contributed by atoms with van der Waals surface area (Å²) in [4.78, 5) is 23.8. The molecule has 110 valence electrons. The van der Waals surface area contributed by atoms with Gasteiger partial charge >= 0.3 is 5.97 Å². The number of aromatic carboxylic acids is 1. The van der Waals surface area contributed by atoms with Crippen LogP contribution in [-0.4, -0.2) is 23.6 Å². The summed E-state index contributed by atoms with van der Waals surface area (Å²) in [7, 11) is 0. The third-order valence-corrected chi connectivity index (χ3v) is 4.48. The van der Waals surface area contributed by atoms with Crippen LogP contribution in [-0.2, 0) is 4.79 Å². The molecule has 0 unspecified atom stereocenters. The Morgan fingerprint density at radius 2 is 2.10 bits per heavy atom. The van der Waals surface area contributed by atoms with Crippen molar-refractivity contribution in [3.8, 4) is 5.75 Å². The molecular weight excluding hydrogens is 405 g/mol. The number of anilines is 1. The van der Waals surface area contributed by atoms with Gasteiger partial charge in [-0.25, -0.2) is 4.79 Å². The zero-order chi connectivity index (χ0) is 15.4. The van der Waals surface area contributed by atoms with Crippen molar-refractivity contribution >= 4 is 51.5 Å². The molecule has 0 radical (unpaired) electrons. The van der Waals surface area contributed by atoms with Crippen LogP contribution in [0.2, 0.25) is 0 Å². The Bertz CT molecular complexity index is 683. The fourth-order valence-electron chi connectivity index (χ4n) is 1.64. The van der Waals surface area contributed by atoms with E-state index in [1.165, 1.54) is 0 Å². The number of thiophene rings is 1. The average Bonchev–Trinajstić information content (AvgIpc) is 2.80. The summed E-state index contributed by atoms with van der Waals surface area (Å²) in [6.07, 6.45) is 0. The highest BCUT2D eigenvalue weighted by atomic mass is 127. The maximum atomic E-state index is 11.8. The first-order chi connectivity index (χ1) is 9.97. The molecule has 1 heterocycles. The van der Waals surface area contributed by atoms with Gasteiger partial charge in [0, 0.05) is 8.45 Å². The molecule has 2 rings (SSSR count). The number of para-hydroxylation sites is 1. The van der Waals surface area contributed by atoms with E-state index in [2.05, 4.69) is 27.9 Å². The van der Waals surface area contributed by atoms with Crippen molar-refractivity contribution in [2.75, 3.05) is 11.9 Å². The number of ether oxygens (including phenoxy) is 1. The van der Waals surface area contributed by atoms with Gasteiger partial charge in [0.25, 0.3) is 5.91 Å². The molecule has 2 N–H and O–H groups in total. The molecule has 1 amide bonds. The second kappa shape index (κ2) is 6.90. The van der Waals surface area contributed by atoms with Crippen LogP contribution in [0.4, 0.5) is 5.69 Å². The van der Waals surface area contributed by atoms with Crippen molar-refractivity contribution in [2.45, 2.75) is 6.92 Å². The Hall–Kier alpha value is -1.61. The fraction of sp³-hybridized carbons (Fsp3) is 0.143. The zero-order valence-corrected chi connectivity index (χ0v) is 14.0. The topological polar surface area (TPSA) is 75.6 Å². The molecule has 1 aromatic heterocycles. The first-order valence-electron chi connectivity index (χ1n) is 5.98. The van der Waals surface area contributed by atoms with E-state index < -0.39 is 5.97 Å². The van der Waals surface area contributed by atoms with Crippen molar-refractivity contribution in [2.24, 2.45) is 0 Å². The Morgan fingerprint density at radius 1 is 1.38 bits per heavy atom. The lowest BCUT2D eigenvalue weighted by Gasteiger charge is -2.08. The molecule has 0 aliphatic rings. The second-order valence-corrected chi connectivity index (χ2v) is 6.59. The molecule has 0 atom stereocenters. The lowest BCUT2D eigenvalue weighted by atomic mass is 10.3. The fourth-order valence-corrected chi connectivity index (χ4v) is 2.96. The monoisotopic (exact) mass is 417 g/mol. The third-order valence-electron chi connectivity index (χ3n) is 2.52. The van der Waals surface area contributed by atoms with Crippen LogP contribution in [0.15, 0.2) is 30.3 Å². The van der Waals surface area contributed by atoms with Crippen LogP contribution < -0.4 is 10.1 Å². The van der Waals surface area contributed by atoms with Gasteiger partial charge in [-0.3, -0.25) is 4.79 Å². The van der Waals surface area contributed by atoms with Gasteiger partial charge in [-0.05, 0) is 47.7 Å². The molecule has 0 saturated heterocycles. The number of hydrogen-bond acceptors (Lipinski definition) is 4. The molecule has 0 saturated carbocycles. The molecule has 0 bridgehead atoms. The van der Waals surface area contributed by atoms with E-state index in [9.17, 15) is 9.59 Å². The van der Waals surface area contributed by atoms with Crippen molar-refractivity contribution in [1.29, 1.82) is 0 Å². The van der Waals surface area contributed by atoms with Gasteiger partial charge in [0.2, 0.25) is 0 Å². The second-order valence-electron chi connectivity index (χ2n) is 4.17. The van der Waals surface area contributed by atoms with Crippen molar-refractivity contribution in [1.82, 2.24) is 0 Å². The maximum Gasteiger partial charge on any atom is 0.349 e. The lowest BCUT2D eigenvalue weighted by Crippen LogP contribution is -2.21. The number of amides is 1. The molecule has 0 aliphatic carbocycles. The number of carboxylic acid groups (broad SMARTS) is 1. The Balaban J connectivity index is 1.99. The third kappa shape index (κ3) is 4.18. The maximum absolute atomic E-state index is 11.8. The van der Waals surface area contributed by atoms with Crippen LogP contribution in [0.3, 0.4) is 0 Å². The number of halogens is 1. The van der Waals surface area contributed by atoms with E-state index in [-0.39, 0.29) is 23.1 Å². The van der Waals surface area contributed by atoms with Gasteiger partial charge in [-0.15, -0.1) is 11.3 Å². The number of benzene rings is 1. The summed E-state index contributed by atoms with van der Waals surface area (Å²) in [6, 6.07) is 8.98. The van der Waals surface area contributed by atoms with Crippen LogP contribution in [0.25, 0.3) is 0 Å². The summed E-state index contributed by atoms with van der Waals surface area (Å²) < 4.78 is 6.23. The molecule has 7 heteroatoms. The first kappa shape index (κ1) is 15.8. The van der Waals surface area contributed by atoms with E-state index in [0.717, 1.165) is 19.8 Å². The predicted molar refractivity (Wildman–Crippen MR) is 89.3 cm³/mol. The van der Waals surface area contributed by atoms with E-state index >= 15 is 0 Å². The molecule has 0 spiro atoms. The molecule has 5 nitrogen and oxygen atoms in total. The van der Waals surface area contributed by atoms with Crippen molar-refractivity contribution < 1.29 is 19.4 Å². The SMILES string of the molecule is Cc1cc(OCC(=O)Nc2ccccc2I)c(C(=O)O)s1. The Labute approximate surface area is 139 Å². The van der Waals surface area contributed by atoms with Crippen molar-refractivity contribution in [3.63, 3.8) is 0 Å². The predicted octanol–water partition coefficient (Wildman–Crippen LogP) is 3.38. The smallest absolute Gasteiger partial charge is 0.349 e. The highest BCUT2D eigenvalue weighted by molar-refractivity contribution is 14.1. The van der Waals surface area contributed by atoms with Crippen LogP contribution >= 0.6 is 33.9 Å². The van der Waals surface area contributed by atoms with Crippen LogP contribution in [0.1, 0.15) is 14.5 Å². The van der Waals surface area contributed by atoms with E-state index in [4.69, 9.17) is 9.84 Å². The summed E-state index contributed by atoms with van der Waals surface area (Å²) >= 11 is 3.24. The average molecular weight is 417 g/mol. The number of rotatable bonds is 5. The van der Waals surface area contributed by atoms with Crippen LogP contribution in [0, 0.1) is 10.5 Å². The van der Waals surface area contributed by atoms with Gasteiger partial charge < -0.3 is 15.2 Å². The highest BCUT2D eigenvalue weighted by Crippen LogP contribution is 2.28. The summed E-state index contributed by atoms with van der Waals surface area (Å²) in [5.74, 6) is -1.16. The molecule has 1 aromatic carbocycles. The zero-order valence-electron chi connectivity index (χ0n) is 11.1. The van der Waals surface area contributed by atoms with Gasteiger partial charge in [-0.2, -0.15) is 0 Å². The number of hydrogen-bond donors (Lipinski definition) is 2. The molecule has 21 heavy (non-hydrogen) atoms. The largest absolute Gasteiger partial charge is 0.482 e. The quantitative estimate of drug-likeness (QED) is 0.732. The van der Waals surface area contributed by atoms with Gasteiger partial charge in [0.15, 0.2) is 11.5 Å². The van der Waals surface area contributed by atoms with Gasteiger partial charge in [-0.1, -0.05) is 12.1 Å². The van der Waals surface area contributed by atoms with Crippen molar-refractivity contribution in [3.05, 3.63) is 43.7 Å². The lowest BCUT2D eigenvalue weighted by molar-refractivity contribution is -0.118. The Morgan fingerprint density at radius 3 is 2.76 bits per heavy atom.